The van der Waals surface area contributed by atoms with Crippen molar-refractivity contribution in [2.75, 3.05) is 12.0 Å². The first-order valence-electron chi connectivity index (χ1n) is 8.40. The SMILES string of the molecule is CCOc1cc(/C=N/Nc2ccc(C)c(C)c2)cc(Cl)c1OC(C)C. The summed E-state index contributed by atoms with van der Waals surface area (Å²) in [4.78, 5) is 0. The first kappa shape index (κ1) is 19.1. The van der Waals surface area contributed by atoms with Crippen molar-refractivity contribution in [3.8, 4) is 11.5 Å². The van der Waals surface area contributed by atoms with Crippen molar-refractivity contribution in [1.82, 2.24) is 0 Å². The van der Waals surface area contributed by atoms with Gasteiger partial charge >= 0.3 is 0 Å². The largest absolute Gasteiger partial charge is 0.490 e. The molecule has 0 saturated heterocycles. The predicted octanol–water partition coefficient (Wildman–Crippen LogP) is 5.59. The highest BCUT2D eigenvalue weighted by Gasteiger charge is 2.13. The van der Waals surface area contributed by atoms with E-state index in [9.17, 15) is 0 Å². The second kappa shape index (κ2) is 8.77. The fourth-order valence-electron chi connectivity index (χ4n) is 2.27. The Bertz CT molecular complexity index is 758. The maximum atomic E-state index is 6.36. The molecule has 0 aliphatic rings. The van der Waals surface area contributed by atoms with Crippen LogP contribution in [0.25, 0.3) is 0 Å². The number of benzene rings is 2. The Morgan fingerprint density at radius 1 is 1.16 bits per heavy atom. The Morgan fingerprint density at radius 3 is 2.56 bits per heavy atom. The molecule has 4 nitrogen and oxygen atoms in total. The lowest BCUT2D eigenvalue weighted by atomic mass is 10.1. The Morgan fingerprint density at radius 2 is 1.92 bits per heavy atom. The minimum Gasteiger partial charge on any atom is -0.490 e. The van der Waals surface area contributed by atoms with E-state index in [0.29, 0.717) is 23.1 Å². The normalized spacial score (nSPS) is 11.2. The molecular weight excluding hydrogens is 336 g/mol. The summed E-state index contributed by atoms with van der Waals surface area (Å²) in [5, 5.41) is 4.79. The molecule has 0 spiro atoms. The van der Waals surface area contributed by atoms with Crippen LogP contribution in [0.4, 0.5) is 5.69 Å². The molecule has 0 aliphatic carbocycles. The van der Waals surface area contributed by atoms with Crippen LogP contribution in [0.1, 0.15) is 37.5 Å². The van der Waals surface area contributed by atoms with Crippen LogP contribution in [0.3, 0.4) is 0 Å². The van der Waals surface area contributed by atoms with Gasteiger partial charge in [-0.1, -0.05) is 17.7 Å². The van der Waals surface area contributed by atoms with Crippen molar-refractivity contribution in [2.45, 2.75) is 40.7 Å². The maximum Gasteiger partial charge on any atom is 0.180 e. The molecule has 0 aliphatic heterocycles. The van der Waals surface area contributed by atoms with Crippen molar-refractivity contribution in [2.24, 2.45) is 5.10 Å². The van der Waals surface area contributed by atoms with Crippen molar-refractivity contribution in [1.29, 1.82) is 0 Å². The lowest BCUT2D eigenvalue weighted by Gasteiger charge is -2.16. The van der Waals surface area contributed by atoms with E-state index in [4.69, 9.17) is 21.1 Å². The Hall–Kier alpha value is -2.20. The van der Waals surface area contributed by atoms with E-state index in [2.05, 4.69) is 36.5 Å². The van der Waals surface area contributed by atoms with Crippen LogP contribution < -0.4 is 14.9 Å². The van der Waals surface area contributed by atoms with E-state index in [1.165, 1.54) is 11.1 Å². The van der Waals surface area contributed by atoms with Gasteiger partial charge in [-0.3, -0.25) is 5.43 Å². The highest BCUT2D eigenvalue weighted by molar-refractivity contribution is 6.32. The summed E-state index contributed by atoms with van der Waals surface area (Å²) in [6.07, 6.45) is 1.73. The quantitative estimate of drug-likeness (QED) is 0.517. The van der Waals surface area contributed by atoms with Crippen LogP contribution in [-0.2, 0) is 0 Å². The summed E-state index contributed by atoms with van der Waals surface area (Å²) in [6, 6.07) is 9.81. The minimum absolute atomic E-state index is 0.0164. The van der Waals surface area contributed by atoms with Gasteiger partial charge in [0.15, 0.2) is 11.5 Å². The third kappa shape index (κ3) is 5.40. The minimum atomic E-state index is 0.0164. The number of rotatable bonds is 7. The van der Waals surface area contributed by atoms with E-state index < -0.39 is 0 Å². The first-order valence-corrected chi connectivity index (χ1v) is 8.77. The highest BCUT2D eigenvalue weighted by atomic mass is 35.5. The van der Waals surface area contributed by atoms with E-state index in [0.717, 1.165) is 11.3 Å². The van der Waals surface area contributed by atoms with Gasteiger partial charge in [0.2, 0.25) is 0 Å². The van der Waals surface area contributed by atoms with E-state index >= 15 is 0 Å². The molecule has 2 aromatic rings. The van der Waals surface area contributed by atoms with Crippen LogP contribution in [-0.4, -0.2) is 18.9 Å². The molecule has 0 radical (unpaired) electrons. The molecule has 134 valence electrons. The van der Waals surface area contributed by atoms with Crippen LogP contribution in [0.15, 0.2) is 35.4 Å². The van der Waals surface area contributed by atoms with Gasteiger partial charge in [-0.2, -0.15) is 5.10 Å². The van der Waals surface area contributed by atoms with Gasteiger partial charge in [0.25, 0.3) is 0 Å². The molecule has 0 heterocycles. The topological polar surface area (TPSA) is 42.8 Å². The summed E-state index contributed by atoms with van der Waals surface area (Å²) >= 11 is 6.36. The second-order valence-corrected chi connectivity index (χ2v) is 6.51. The van der Waals surface area contributed by atoms with Gasteiger partial charge in [-0.25, -0.2) is 0 Å². The number of hydrazone groups is 1. The maximum absolute atomic E-state index is 6.36. The number of nitrogens with zero attached hydrogens (tertiary/aromatic N) is 1. The number of aryl methyl sites for hydroxylation is 2. The van der Waals surface area contributed by atoms with Crippen molar-refractivity contribution < 1.29 is 9.47 Å². The van der Waals surface area contributed by atoms with Crippen molar-refractivity contribution >= 4 is 23.5 Å². The summed E-state index contributed by atoms with van der Waals surface area (Å²) in [5.74, 6) is 1.19. The summed E-state index contributed by atoms with van der Waals surface area (Å²) in [6.45, 7) is 10.5. The molecule has 5 heteroatoms. The van der Waals surface area contributed by atoms with Crippen LogP contribution in [0.2, 0.25) is 5.02 Å². The lowest BCUT2D eigenvalue weighted by Crippen LogP contribution is -2.08. The fraction of sp³-hybridized carbons (Fsp3) is 0.350. The molecule has 25 heavy (non-hydrogen) atoms. The smallest absolute Gasteiger partial charge is 0.180 e. The van der Waals surface area contributed by atoms with Gasteiger partial charge in [-0.05, 0) is 75.6 Å². The zero-order chi connectivity index (χ0) is 18.4. The summed E-state index contributed by atoms with van der Waals surface area (Å²) in [7, 11) is 0. The van der Waals surface area contributed by atoms with E-state index in [1.807, 2.05) is 39.0 Å². The Labute approximate surface area is 154 Å². The standard InChI is InChI=1S/C20H25ClN2O2/c1-6-24-19-11-16(10-18(21)20(19)25-13(2)3)12-22-23-17-8-7-14(4)15(5)9-17/h7-13,23H,6H2,1-5H3/b22-12+. The average molecular weight is 361 g/mol. The average Bonchev–Trinajstić information content (AvgIpc) is 2.54. The van der Waals surface area contributed by atoms with Gasteiger partial charge in [0.05, 0.1) is 29.6 Å². The van der Waals surface area contributed by atoms with Crippen LogP contribution >= 0.6 is 11.6 Å². The van der Waals surface area contributed by atoms with Gasteiger partial charge in [0, 0.05) is 0 Å². The van der Waals surface area contributed by atoms with Crippen LogP contribution in [0.5, 0.6) is 11.5 Å². The molecule has 0 bridgehead atoms. The molecule has 0 fully saturated rings. The molecule has 0 saturated carbocycles. The zero-order valence-electron chi connectivity index (χ0n) is 15.4. The Balaban J connectivity index is 2.19. The molecule has 0 aromatic heterocycles. The number of nitrogens with one attached hydrogen (secondary N) is 1. The lowest BCUT2D eigenvalue weighted by molar-refractivity contribution is 0.224. The summed E-state index contributed by atoms with van der Waals surface area (Å²) < 4.78 is 11.4. The van der Waals surface area contributed by atoms with E-state index in [-0.39, 0.29) is 6.10 Å². The van der Waals surface area contributed by atoms with E-state index in [1.54, 1.807) is 6.21 Å². The van der Waals surface area contributed by atoms with Crippen molar-refractivity contribution in [3.63, 3.8) is 0 Å². The molecule has 2 rings (SSSR count). The number of anilines is 1. The molecule has 0 atom stereocenters. The monoisotopic (exact) mass is 360 g/mol. The first-order chi connectivity index (χ1) is 11.9. The highest BCUT2D eigenvalue weighted by Crippen LogP contribution is 2.37. The fourth-order valence-corrected chi connectivity index (χ4v) is 2.53. The molecule has 2 aromatic carbocycles. The number of hydrogen-bond donors (Lipinski definition) is 1. The predicted molar refractivity (Wildman–Crippen MR) is 106 cm³/mol. The number of ether oxygens (including phenoxy) is 2. The van der Waals surface area contributed by atoms with Gasteiger partial charge in [-0.15, -0.1) is 0 Å². The third-order valence-corrected chi connectivity index (χ3v) is 3.88. The second-order valence-electron chi connectivity index (χ2n) is 6.10. The molecule has 0 unspecified atom stereocenters. The van der Waals surface area contributed by atoms with Gasteiger partial charge in [0.1, 0.15) is 0 Å². The number of hydrogen-bond acceptors (Lipinski definition) is 4. The Kier molecular flexibility index (Phi) is 6.71. The zero-order valence-corrected chi connectivity index (χ0v) is 16.1. The third-order valence-electron chi connectivity index (χ3n) is 3.60. The van der Waals surface area contributed by atoms with Crippen molar-refractivity contribution in [3.05, 3.63) is 52.0 Å². The molecular formula is C20H25ClN2O2. The van der Waals surface area contributed by atoms with Gasteiger partial charge < -0.3 is 9.47 Å². The molecule has 1 N–H and O–H groups in total. The summed E-state index contributed by atoms with van der Waals surface area (Å²) in [5.41, 5.74) is 7.28. The molecule has 0 amide bonds. The number of halogens is 1. The van der Waals surface area contributed by atoms with Crippen LogP contribution in [0, 0.1) is 13.8 Å².